The van der Waals surface area contributed by atoms with Gasteiger partial charge in [0.25, 0.3) is 5.56 Å². The van der Waals surface area contributed by atoms with Gasteiger partial charge < -0.3 is 14.2 Å². The lowest BCUT2D eigenvalue weighted by Crippen LogP contribution is -2.23. The van der Waals surface area contributed by atoms with Crippen LogP contribution in [-0.2, 0) is 14.3 Å². The molecule has 2 aromatic carbocycles. The summed E-state index contributed by atoms with van der Waals surface area (Å²) in [4.78, 5) is 37.4. The van der Waals surface area contributed by atoms with E-state index >= 15 is 0 Å². The maximum atomic E-state index is 13.0. The fraction of sp³-hybridized carbons (Fsp3) is 0.261. The maximum absolute atomic E-state index is 13.0. The lowest BCUT2D eigenvalue weighted by Gasteiger charge is -2.13. The van der Waals surface area contributed by atoms with Crippen molar-refractivity contribution in [3.63, 3.8) is 0 Å². The van der Waals surface area contributed by atoms with Crippen LogP contribution in [0.2, 0.25) is 0 Å². The van der Waals surface area contributed by atoms with E-state index in [4.69, 9.17) is 14.2 Å². The Labute approximate surface area is 173 Å². The molecule has 0 bridgehead atoms. The molecule has 0 N–H and O–H groups in total. The fourth-order valence-electron chi connectivity index (χ4n) is 3.01. The second kappa shape index (κ2) is 9.26. The van der Waals surface area contributed by atoms with Gasteiger partial charge in [0, 0.05) is 22.7 Å². The summed E-state index contributed by atoms with van der Waals surface area (Å²) in [5, 5.41) is 0.817. The highest BCUT2D eigenvalue weighted by Crippen LogP contribution is 2.20. The number of nitrogens with zero attached hydrogens (tertiary/aromatic N) is 1. The van der Waals surface area contributed by atoms with Crippen molar-refractivity contribution < 1.29 is 23.8 Å². The second-order valence-electron chi connectivity index (χ2n) is 6.81. The minimum absolute atomic E-state index is 0.177. The predicted molar refractivity (Wildman–Crippen MR) is 112 cm³/mol. The van der Waals surface area contributed by atoms with Crippen LogP contribution in [0.15, 0.2) is 59.5 Å². The lowest BCUT2D eigenvalue weighted by molar-refractivity contribution is -0.150. The molecule has 0 aliphatic carbocycles. The van der Waals surface area contributed by atoms with E-state index in [1.54, 1.807) is 62.4 Å². The number of pyridine rings is 1. The van der Waals surface area contributed by atoms with E-state index in [2.05, 4.69) is 0 Å². The molecule has 30 heavy (non-hydrogen) atoms. The summed E-state index contributed by atoms with van der Waals surface area (Å²) in [6, 6.07) is 13.7. The number of fused-ring (bicyclic) bond motifs is 1. The van der Waals surface area contributed by atoms with E-state index in [0.29, 0.717) is 28.8 Å². The number of carbonyl (C=O) groups excluding carboxylic acids is 2. The van der Waals surface area contributed by atoms with Crippen LogP contribution in [0.5, 0.6) is 5.75 Å². The first kappa shape index (κ1) is 21.1. The zero-order chi connectivity index (χ0) is 21.7. The number of rotatable bonds is 7. The minimum Gasteiger partial charge on any atom is -0.494 e. The van der Waals surface area contributed by atoms with Crippen molar-refractivity contribution in [2.24, 2.45) is 0 Å². The third-order valence-electron chi connectivity index (χ3n) is 4.26. The Morgan fingerprint density at radius 1 is 1.00 bits per heavy atom. The quantitative estimate of drug-likeness (QED) is 0.556. The average Bonchev–Trinajstić information content (AvgIpc) is 2.73. The summed E-state index contributed by atoms with van der Waals surface area (Å²) in [5.74, 6) is -0.674. The van der Waals surface area contributed by atoms with Gasteiger partial charge in [-0.15, -0.1) is 0 Å². The molecule has 3 rings (SSSR count). The van der Waals surface area contributed by atoms with Crippen LogP contribution in [0.4, 0.5) is 0 Å². The summed E-state index contributed by atoms with van der Waals surface area (Å²) in [7, 11) is 0. The van der Waals surface area contributed by atoms with E-state index in [1.165, 1.54) is 10.8 Å². The maximum Gasteiger partial charge on any atom is 0.344 e. The highest BCUT2D eigenvalue weighted by molar-refractivity contribution is 6.04. The predicted octanol–water partition coefficient (Wildman–Crippen LogP) is 3.50. The molecule has 0 radical (unpaired) electrons. The van der Waals surface area contributed by atoms with Crippen LogP contribution in [0, 0.1) is 0 Å². The summed E-state index contributed by atoms with van der Waals surface area (Å²) in [6.45, 7) is 5.33. The Morgan fingerprint density at radius 2 is 1.67 bits per heavy atom. The van der Waals surface area contributed by atoms with Crippen molar-refractivity contribution in [3.05, 3.63) is 70.6 Å². The van der Waals surface area contributed by atoms with E-state index in [9.17, 15) is 14.4 Å². The molecule has 1 aromatic heterocycles. The topological polar surface area (TPSA) is 83.8 Å². The zero-order valence-corrected chi connectivity index (χ0v) is 17.1. The number of hydrogen-bond acceptors (Lipinski definition) is 6. The van der Waals surface area contributed by atoms with E-state index < -0.39 is 18.5 Å². The van der Waals surface area contributed by atoms with Crippen LogP contribution >= 0.6 is 0 Å². The zero-order valence-electron chi connectivity index (χ0n) is 17.1. The molecule has 7 nitrogen and oxygen atoms in total. The average molecular weight is 409 g/mol. The van der Waals surface area contributed by atoms with Crippen molar-refractivity contribution >= 4 is 22.7 Å². The molecule has 0 spiro atoms. The normalized spacial score (nSPS) is 10.8. The third-order valence-corrected chi connectivity index (χ3v) is 4.26. The second-order valence-corrected chi connectivity index (χ2v) is 6.81. The Hall–Kier alpha value is -3.61. The SMILES string of the molecule is CCOc1ccc(-n2cc(C(=O)OCC(=O)OC(C)C)c3ccccc3c2=O)cc1. The van der Waals surface area contributed by atoms with E-state index in [1.807, 2.05) is 6.92 Å². The minimum atomic E-state index is -0.716. The van der Waals surface area contributed by atoms with Gasteiger partial charge in [-0.05, 0) is 51.1 Å². The van der Waals surface area contributed by atoms with Gasteiger partial charge in [0.2, 0.25) is 0 Å². The molecule has 0 aliphatic heterocycles. The monoisotopic (exact) mass is 409 g/mol. The van der Waals surface area contributed by atoms with Crippen LogP contribution in [0.3, 0.4) is 0 Å². The van der Waals surface area contributed by atoms with Crippen molar-refractivity contribution in [2.45, 2.75) is 26.9 Å². The van der Waals surface area contributed by atoms with E-state index in [-0.39, 0.29) is 17.2 Å². The number of carbonyl (C=O) groups is 2. The lowest BCUT2D eigenvalue weighted by atomic mass is 10.1. The Bertz CT molecular complexity index is 1110. The standard InChI is InChI=1S/C23H23NO6/c1-4-28-17-11-9-16(10-12-17)24-13-20(18-7-5-6-8-19(18)22(24)26)23(27)29-14-21(25)30-15(2)3/h5-13,15H,4,14H2,1-3H3. The largest absolute Gasteiger partial charge is 0.494 e. The van der Waals surface area contributed by atoms with Gasteiger partial charge in [0.15, 0.2) is 6.61 Å². The smallest absolute Gasteiger partial charge is 0.344 e. The number of ether oxygens (including phenoxy) is 3. The summed E-state index contributed by atoms with van der Waals surface area (Å²) in [5.41, 5.74) is 0.476. The number of aromatic nitrogens is 1. The highest BCUT2D eigenvalue weighted by atomic mass is 16.6. The molecule has 0 saturated heterocycles. The number of benzene rings is 2. The summed E-state index contributed by atoms with van der Waals surface area (Å²) in [6.07, 6.45) is 1.12. The molecule has 156 valence electrons. The Kier molecular flexibility index (Phi) is 6.51. The van der Waals surface area contributed by atoms with Gasteiger partial charge in [-0.1, -0.05) is 18.2 Å². The molecular formula is C23H23NO6. The molecular weight excluding hydrogens is 386 g/mol. The van der Waals surface area contributed by atoms with Crippen molar-refractivity contribution in [3.8, 4) is 11.4 Å². The van der Waals surface area contributed by atoms with Gasteiger partial charge in [0.05, 0.1) is 18.3 Å². The van der Waals surface area contributed by atoms with Crippen molar-refractivity contribution in [1.82, 2.24) is 4.57 Å². The van der Waals surface area contributed by atoms with Crippen LogP contribution < -0.4 is 10.3 Å². The first-order chi connectivity index (χ1) is 14.4. The van der Waals surface area contributed by atoms with Crippen molar-refractivity contribution in [2.75, 3.05) is 13.2 Å². The molecule has 1 heterocycles. The number of hydrogen-bond donors (Lipinski definition) is 0. The Balaban J connectivity index is 2.00. The van der Waals surface area contributed by atoms with Gasteiger partial charge in [-0.2, -0.15) is 0 Å². The molecule has 3 aromatic rings. The molecule has 0 amide bonds. The molecule has 0 atom stereocenters. The third kappa shape index (κ3) is 4.68. The van der Waals surface area contributed by atoms with E-state index in [0.717, 1.165) is 0 Å². The van der Waals surface area contributed by atoms with Gasteiger partial charge in [-0.3, -0.25) is 9.36 Å². The van der Waals surface area contributed by atoms with Crippen molar-refractivity contribution in [1.29, 1.82) is 0 Å². The van der Waals surface area contributed by atoms with Crippen LogP contribution in [-0.4, -0.2) is 35.8 Å². The van der Waals surface area contributed by atoms with Gasteiger partial charge in [0.1, 0.15) is 5.75 Å². The molecule has 0 saturated carbocycles. The fourth-order valence-corrected chi connectivity index (χ4v) is 3.01. The molecule has 0 aliphatic rings. The first-order valence-electron chi connectivity index (χ1n) is 9.65. The Morgan fingerprint density at radius 3 is 2.30 bits per heavy atom. The van der Waals surface area contributed by atoms with Crippen LogP contribution in [0.25, 0.3) is 16.5 Å². The molecule has 0 unspecified atom stereocenters. The molecule has 7 heteroatoms. The summed E-state index contributed by atoms with van der Waals surface area (Å²) >= 11 is 0. The van der Waals surface area contributed by atoms with Gasteiger partial charge >= 0.3 is 11.9 Å². The summed E-state index contributed by atoms with van der Waals surface area (Å²) < 4.78 is 16.9. The van der Waals surface area contributed by atoms with Crippen LogP contribution in [0.1, 0.15) is 31.1 Å². The molecule has 0 fully saturated rings. The first-order valence-corrected chi connectivity index (χ1v) is 9.65. The number of esters is 2. The highest BCUT2D eigenvalue weighted by Gasteiger charge is 2.18. The van der Waals surface area contributed by atoms with Gasteiger partial charge in [-0.25, -0.2) is 9.59 Å².